The summed E-state index contributed by atoms with van der Waals surface area (Å²) in [7, 11) is 1.87. The van der Waals surface area contributed by atoms with E-state index in [1.54, 1.807) is 0 Å². The zero-order valence-corrected chi connectivity index (χ0v) is 15.7. The minimum absolute atomic E-state index is 0. The third kappa shape index (κ3) is 4.35. The molecule has 1 atom stereocenters. The lowest BCUT2D eigenvalue weighted by Crippen LogP contribution is -2.48. The summed E-state index contributed by atoms with van der Waals surface area (Å²) >= 11 is 0. The van der Waals surface area contributed by atoms with Crippen molar-refractivity contribution in [3.8, 4) is 0 Å². The summed E-state index contributed by atoms with van der Waals surface area (Å²) in [5.41, 5.74) is 2.59. The Morgan fingerprint density at radius 3 is 2.82 bits per heavy atom. The van der Waals surface area contributed by atoms with Crippen molar-refractivity contribution < 1.29 is 4.74 Å². The standard InChI is InChI=1S/C17H25N3O.HI/c1-13-5-3-4-6-15(13)16-12-20(9-10-21-16)17(18-2)19-11-14-7-8-14;/h3-6,14,16H,7-12H2,1-2H3,(H,18,19);1H. The minimum Gasteiger partial charge on any atom is -0.370 e. The fourth-order valence-electron chi connectivity index (χ4n) is 2.87. The largest absolute Gasteiger partial charge is 0.370 e. The lowest BCUT2D eigenvalue weighted by Gasteiger charge is -2.35. The van der Waals surface area contributed by atoms with E-state index in [4.69, 9.17) is 4.74 Å². The molecule has 1 saturated heterocycles. The third-order valence-corrected chi connectivity index (χ3v) is 4.36. The Morgan fingerprint density at radius 1 is 1.36 bits per heavy atom. The van der Waals surface area contributed by atoms with Crippen molar-refractivity contribution in [1.29, 1.82) is 0 Å². The van der Waals surface area contributed by atoms with E-state index in [2.05, 4.69) is 46.4 Å². The SMILES string of the molecule is CN=C(NCC1CC1)N1CCOC(c2ccccc2C)C1.I. The fourth-order valence-corrected chi connectivity index (χ4v) is 2.87. The Labute approximate surface area is 150 Å². The summed E-state index contributed by atoms with van der Waals surface area (Å²) in [6.45, 7) is 5.74. The highest BCUT2D eigenvalue weighted by molar-refractivity contribution is 14.0. The van der Waals surface area contributed by atoms with E-state index < -0.39 is 0 Å². The molecule has 3 rings (SSSR count). The van der Waals surface area contributed by atoms with Gasteiger partial charge in [-0.25, -0.2) is 0 Å². The Hall–Kier alpha value is -0.820. The van der Waals surface area contributed by atoms with Crippen LogP contribution in [0.4, 0.5) is 0 Å². The van der Waals surface area contributed by atoms with E-state index in [0.29, 0.717) is 0 Å². The van der Waals surface area contributed by atoms with Crippen LogP contribution in [0, 0.1) is 12.8 Å². The topological polar surface area (TPSA) is 36.9 Å². The molecule has 1 heterocycles. The molecule has 1 unspecified atom stereocenters. The fraction of sp³-hybridized carbons (Fsp3) is 0.588. The maximum absolute atomic E-state index is 5.98. The van der Waals surface area contributed by atoms with Crippen LogP contribution in [0.5, 0.6) is 0 Å². The average Bonchev–Trinajstić information content (AvgIpc) is 3.33. The molecule has 22 heavy (non-hydrogen) atoms. The van der Waals surface area contributed by atoms with Crippen molar-refractivity contribution in [1.82, 2.24) is 10.2 Å². The number of ether oxygens (including phenoxy) is 1. The molecule has 0 spiro atoms. The number of aliphatic imine (C=N–C) groups is 1. The highest BCUT2D eigenvalue weighted by Gasteiger charge is 2.26. The van der Waals surface area contributed by atoms with Gasteiger partial charge in [-0.15, -0.1) is 24.0 Å². The van der Waals surface area contributed by atoms with Crippen LogP contribution >= 0.6 is 24.0 Å². The molecule has 2 aliphatic rings. The predicted molar refractivity (Wildman–Crippen MR) is 101 cm³/mol. The maximum atomic E-state index is 5.98. The molecule has 0 amide bonds. The van der Waals surface area contributed by atoms with Gasteiger partial charge in [-0.2, -0.15) is 0 Å². The van der Waals surface area contributed by atoms with Crippen LogP contribution in [0.1, 0.15) is 30.1 Å². The molecule has 0 radical (unpaired) electrons. The predicted octanol–water partition coefficient (Wildman–Crippen LogP) is 2.97. The zero-order valence-electron chi connectivity index (χ0n) is 13.4. The molecule has 1 aromatic rings. The molecule has 4 nitrogen and oxygen atoms in total. The van der Waals surface area contributed by atoms with E-state index in [0.717, 1.165) is 38.1 Å². The number of nitrogens with one attached hydrogen (secondary N) is 1. The number of hydrogen-bond acceptors (Lipinski definition) is 2. The van der Waals surface area contributed by atoms with Crippen LogP contribution < -0.4 is 5.32 Å². The molecule has 1 aromatic carbocycles. The van der Waals surface area contributed by atoms with Crippen LogP contribution in [0.25, 0.3) is 0 Å². The second kappa shape index (κ2) is 8.15. The van der Waals surface area contributed by atoms with Gasteiger partial charge >= 0.3 is 0 Å². The quantitative estimate of drug-likeness (QED) is 0.469. The lowest BCUT2D eigenvalue weighted by atomic mass is 10.0. The Kier molecular flexibility index (Phi) is 6.50. The number of morpholine rings is 1. The average molecular weight is 415 g/mol. The maximum Gasteiger partial charge on any atom is 0.193 e. The molecule has 1 aliphatic carbocycles. The number of halogens is 1. The number of guanidine groups is 1. The molecule has 2 fully saturated rings. The first-order chi connectivity index (χ1) is 10.3. The van der Waals surface area contributed by atoms with Crippen molar-refractivity contribution in [2.24, 2.45) is 10.9 Å². The minimum atomic E-state index is 0. The Bertz CT molecular complexity index is 516. The number of benzene rings is 1. The first kappa shape index (κ1) is 17.5. The molecule has 1 N–H and O–H groups in total. The van der Waals surface area contributed by atoms with E-state index in [-0.39, 0.29) is 30.1 Å². The smallest absolute Gasteiger partial charge is 0.193 e. The zero-order chi connectivity index (χ0) is 14.7. The molecule has 1 saturated carbocycles. The van der Waals surface area contributed by atoms with Gasteiger partial charge in [0.1, 0.15) is 6.10 Å². The van der Waals surface area contributed by atoms with Crippen molar-refractivity contribution in [3.63, 3.8) is 0 Å². The van der Waals surface area contributed by atoms with Crippen molar-refractivity contribution >= 4 is 29.9 Å². The Balaban J connectivity index is 0.00000176. The van der Waals surface area contributed by atoms with Crippen molar-refractivity contribution in [3.05, 3.63) is 35.4 Å². The van der Waals surface area contributed by atoms with E-state index in [1.165, 1.54) is 24.0 Å². The molecular formula is C17H26IN3O. The summed E-state index contributed by atoms with van der Waals surface area (Å²) in [5.74, 6) is 1.87. The van der Waals surface area contributed by atoms with E-state index >= 15 is 0 Å². The monoisotopic (exact) mass is 415 g/mol. The third-order valence-electron chi connectivity index (χ3n) is 4.36. The second-order valence-corrected chi connectivity index (χ2v) is 6.03. The molecular weight excluding hydrogens is 389 g/mol. The summed E-state index contributed by atoms with van der Waals surface area (Å²) in [6, 6.07) is 8.49. The van der Waals surface area contributed by atoms with Crippen LogP contribution in [0.15, 0.2) is 29.3 Å². The van der Waals surface area contributed by atoms with Crippen LogP contribution in [-0.4, -0.2) is 44.1 Å². The lowest BCUT2D eigenvalue weighted by molar-refractivity contribution is -0.00831. The van der Waals surface area contributed by atoms with Gasteiger partial charge in [-0.05, 0) is 36.8 Å². The first-order valence-corrected chi connectivity index (χ1v) is 7.90. The van der Waals surface area contributed by atoms with E-state index in [1.807, 2.05) is 7.05 Å². The van der Waals surface area contributed by atoms with Gasteiger partial charge in [0.2, 0.25) is 0 Å². The molecule has 1 aliphatic heterocycles. The van der Waals surface area contributed by atoms with Crippen LogP contribution in [-0.2, 0) is 4.74 Å². The normalized spacial score (nSPS) is 22.2. The summed E-state index contributed by atoms with van der Waals surface area (Å²) in [4.78, 5) is 6.76. The molecule has 0 bridgehead atoms. The molecule has 122 valence electrons. The number of aryl methyl sites for hydroxylation is 1. The van der Waals surface area contributed by atoms with Gasteiger partial charge in [0, 0.05) is 20.1 Å². The van der Waals surface area contributed by atoms with Crippen molar-refractivity contribution in [2.75, 3.05) is 33.3 Å². The number of hydrogen-bond donors (Lipinski definition) is 1. The van der Waals surface area contributed by atoms with Crippen molar-refractivity contribution in [2.45, 2.75) is 25.9 Å². The highest BCUT2D eigenvalue weighted by atomic mass is 127. The summed E-state index contributed by atoms with van der Waals surface area (Å²) in [5, 5.41) is 3.51. The second-order valence-electron chi connectivity index (χ2n) is 6.03. The Morgan fingerprint density at radius 2 is 2.14 bits per heavy atom. The highest BCUT2D eigenvalue weighted by Crippen LogP contribution is 2.28. The van der Waals surface area contributed by atoms with Gasteiger partial charge in [-0.1, -0.05) is 24.3 Å². The van der Waals surface area contributed by atoms with Gasteiger partial charge in [-0.3, -0.25) is 4.99 Å². The van der Waals surface area contributed by atoms with Gasteiger partial charge in [0.05, 0.1) is 13.2 Å². The van der Waals surface area contributed by atoms with Crippen LogP contribution in [0.3, 0.4) is 0 Å². The van der Waals surface area contributed by atoms with Gasteiger partial charge < -0.3 is 15.0 Å². The summed E-state index contributed by atoms with van der Waals surface area (Å²) < 4.78 is 5.98. The van der Waals surface area contributed by atoms with Gasteiger partial charge in [0.25, 0.3) is 0 Å². The summed E-state index contributed by atoms with van der Waals surface area (Å²) in [6.07, 6.45) is 2.86. The molecule has 5 heteroatoms. The number of rotatable bonds is 3. The number of nitrogens with zero attached hydrogens (tertiary/aromatic N) is 2. The van der Waals surface area contributed by atoms with Crippen LogP contribution in [0.2, 0.25) is 0 Å². The first-order valence-electron chi connectivity index (χ1n) is 7.90. The van der Waals surface area contributed by atoms with Gasteiger partial charge in [0.15, 0.2) is 5.96 Å². The molecule has 0 aromatic heterocycles. The van der Waals surface area contributed by atoms with E-state index in [9.17, 15) is 0 Å².